The second-order valence-electron chi connectivity index (χ2n) is 3.86. The minimum atomic E-state index is -1.14. The summed E-state index contributed by atoms with van der Waals surface area (Å²) < 4.78 is -1.14. The molecule has 0 bridgehead atoms. The lowest BCUT2D eigenvalue weighted by Crippen LogP contribution is -2.50. The van der Waals surface area contributed by atoms with E-state index in [-0.39, 0.29) is 19.1 Å². The van der Waals surface area contributed by atoms with Crippen LogP contribution >= 0.6 is 11.8 Å². The molecule has 2 N–H and O–H groups in total. The number of amides is 1. The van der Waals surface area contributed by atoms with Gasteiger partial charge in [0.25, 0.3) is 5.91 Å². The molecule has 1 fully saturated rings. The van der Waals surface area contributed by atoms with E-state index in [9.17, 15) is 15.0 Å². The second-order valence-corrected chi connectivity index (χ2v) is 5.21. The molecule has 0 aromatic heterocycles. The minimum Gasteiger partial charge on any atom is -0.394 e. The highest BCUT2D eigenvalue weighted by molar-refractivity contribution is 8.16. The Hall–Kier alpha value is -0.630. The lowest BCUT2D eigenvalue weighted by Gasteiger charge is -2.29. The van der Waals surface area contributed by atoms with Crippen LogP contribution in [0.5, 0.6) is 0 Å². The standard InChI is InChI=1S/C9H15N3O3S/c1-2-11-5-10-8-12(6-11)7(15)9(3-13,4-14)16-8/h13-14H,2-6H2,1H3. The number of nitrogens with zero attached hydrogens (tertiary/aromatic N) is 3. The van der Waals surface area contributed by atoms with Gasteiger partial charge in [-0.15, -0.1) is 0 Å². The summed E-state index contributed by atoms with van der Waals surface area (Å²) in [6.45, 7) is 3.14. The molecule has 2 heterocycles. The highest BCUT2D eigenvalue weighted by Gasteiger charge is 2.52. The average molecular weight is 245 g/mol. The molecule has 0 spiro atoms. The molecule has 16 heavy (non-hydrogen) atoms. The van der Waals surface area contributed by atoms with Gasteiger partial charge in [-0.2, -0.15) is 0 Å². The molecule has 0 saturated carbocycles. The van der Waals surface area contributed by atoms with Crippen molar-refractivity contribution < 1.29 is 15.0 Å². The zero-order valence-electron chi connectivity index (χ0n) is 9.09. The summed E-state index contributed by atoms with van der Waals surface area (Å²) in [6, 6.07) is 0. The Labute approximate surface area is 97.9 Å². The third-order valence-corrected chi connectivity index (χ3v) is 4.21. The summed E-state index contributed by atoms with van der Waals surface area (Å²) in [5, 5.41) is 19.1. The van der Waals surface area contributed by atoms with Crippen LogP contribution in [0.15, 0.2) is 4.99 Å². The molecule has 0 atom stereocenters. The SMILES string of the molecule is CCN1CN=C2SC(CO)(CO)C(=O)N2C1. The van der Waals surface area contributed by atoms with Gasteiger partial charge in [0.15, 0.2) is 5.17 Å². The Morgan fingerprint density at radius 3 is 2.75 bits per heavy atom. The first kappa shape index (κ1) is 11.8. The van der Waals surface area contributed by atoms with Crippen LogP contribution < -0.4 is 0 Å². The van der Waals surface area contributed by atoms with E-state index in [1.807, 2.05) is 11.8 Å². The third kappa shape index (κ3) is 1.64. The van der Waals surface area contributed by atoms with Gasteiger partial charge in [-0.1, -0.05) is 18.7 Å². The zero-order chi connectivity index (χ0) is 11.8. The summed E-state index contributed by atoms with van der Waals surface area (Å²) in [5.74, 6) is -0.251. The average Bonchev–Trinajstić information content (AvgIpc) is 2.62. The fourth-order valence-electron chi connectivity index (χ4n) is 1.70. The minimum absolute atomic E-state index is 0.251. The van der Waals surface area contributed by atoms with Crippen molar-refractivity contribution in [3.8, 4) is 0 Å². The Balaban J connectivity index is 2.24. The topological polar surface area (TPSA) is 76.4 Å². The number of hydrogen-bond acceptors (Lipinski definition) is 6. The van der Waals surface area contributed by atoms with Crippen LogP contribution in [0.2, 0.25) is 0 Å². The lowest BCUT2D eigenvalue weighted by atomic mass is 10.1. The van der Waals surface area contributed by atoms with Crippen LogP contribution in [0.4, 0.5) is 0 Å². The number of hydrogen-bond donors (Lipinski definition) is 2. The molecule has 0 radical (unpaired) electrons. The van der Waals surface area contributed by atoms with Gasteiger partial charge in [0, 0.05) is 0 Å². The maximum Gasteiger partial charge on any atom is 0.251 e. The van der Waals surface area contributed by atoms with E-state index < -0.39 is 4.75 Å². The fraction of sp³-hybridized carbons (Fsp3) is 0.778. The van der Waals surface area contributed by atoms with E-state index in [0.29, 0.717) is 18.5 Å². The van der Waals surface area contributed by atoms with Crippen molar-refractivity contribution in [2.24, 2.45) is 4.99 Å². The maximum absolute atomic E-state index is 12.1. The number of amidine groups is 1. The molecule has 0 aromatic carbocycles. The number of aliphatic hydroxyl groups is 2. The van der Waals surface area contributed by atoms with E-state index in [2.05, 4.69) is 4.99 Å². The first-order valence-electron chi connectivity index (χ1n) is 5.16. The predicted octanol–water partition coefficient (Wildman–Crippen LogP) is -1.11. The first-order chi connectivity index (χ1) is 7.66. The molecule has 90 valence electrons. The van der Waals surface area contributed by atoms with Crippen molar-refractivity contribution in [2.75, 3.05) is 33.1 Å². The Kier molecular flexibility index (Phi) is 3.20. The van der Waals surface area contributed by atoms with Gasteiger partial charge in [0.2, 0.25) is 0 Å². The van der Waals surface area contributed by atoms with Crippen LogP contribution in [0.1, 0.15) is 6.92 Å². The molecule has 0 aliphatic carbocycles. The molecule has 0 aromatic rings. The molecular weight excluding hydrogens is 230 g/mol. The van der Waals surface area contributed by atoms with Crippen LogP contribution in [-0.2, 0) is 4.79 Å². The monoisotopic (exact) mass is 245 g/mol. The number of carbonyl (C=O) groups excluding carboxylic acids is 1. The summed E-state index contributed by atoms with van der Waals surface area (Å²) in [4.78, 5) is 19.9. The van der Waals surface area contributed by atoms with Crippen molar-refractivity contribution >= 4 is 22.8 Å². The summed E-state index contributed by atoms with van der Waals surface area (Å²) >= 11 is 1.16. The van der Waals surface area contributed by atoms with Crippen LogP contribution in [0.25, 0.3) is 0 Å². The van der Waals surface area contributed by atoms with Gasteiger partial charge in [-0.05, 0) is 6.54 Å². The number of thioether (sulfide) groups is 1. The molecule has 1 amide bonds. The Morgan fingerprint density at radius 2 is 2.19 bits per heavy atom. The van der Waals surface area contributed by atoms with Gasteiger partial charge in [0.1, 0.15) is 4.75 Å². The fourth-order valence-corrected chi connectivity index (χ4v) is 2.75. The van der Waals surface area contributed by atoms with Gasteiger partial charge < -0.3 is 10.2 Å². The quantitative estimate of drug-likeness (QED) is 0.659. The lowest BCUT2D eigenvalue weighted by molar-refractivity contribution is -0.133. The van der Waals surface area contributed by atoms with Crippen molar-refractivity contribution in [1.29, 1.82) is 0 Å². The van der Waals surface area contributed by atoms with Crippen LogP contribution in [0, 0.1) is 0 Å². The zero-order valence-corrected chi connectivity index (χ0v) is 9.90. The molecule has 7 heteroatoms. The summed E-state index contributed by atoms with van der Waals surface area (Å²) in [5.41, 5.74) is 0. The maximum atomic E-state index is 12.1. The van der Waals surface area contributed by atoms with Gasteiger partial charge in [0.05, 0.1) is 26.6 Å². The van der Waals surface area contributed by atoms with Crippen molar-refractivity contribution in [1.82, 2.24) is 9.80 Å². The highest BCUT2D eigenvalue weighted by Crippen LogP contribution is 2.38. The van der Waals surface area contributed by atoms with E-state index >= 15 is 0 Å². The Morgan fingerprint density at radius 1 is 1.50 bits per heavy atom. The first-order valence-corrected chi connectivity index (χ1v) is 5.98. The number of carbonyl (C=O) groups is 1. The van der Waals surface area contributed by atoms with Gasteiger partial charge in [-0.3, -0.25) is 14.6 Å². The third-order valence-electron chi connectivity index (χ3n) is 2.86. The second kappa shape index (κ2) is 4.33. The molecule has 0 unspecified atom stereocenters. The van der Waals surface area contributed by atoms with Gasteiger partial charge >= 0.3 is 0 Å². The molecule has 6 nitrogen and oxygen atoms in total. The van der Waals surface area contributed by atoms with E-state index in [1.165, 1.54) is 4.90 Å². The smallest absolute Gasteiger partial charge is 0.251 e. The van der Waals surface area contributed by atoms with E-state index in [4.69, 9.17) is 0 Å². The molecule has 2 aliphatic rings. The largest absolute Gasteiger partial charge is 0.394 e. The van der Waals surface area contributed by atoms with Gasteiger partial charge in [-0.25, -0.2) is 4.99 Å². The molecule has 2 aliphatic heterocycles. The van der Waals surface area contributed by atoms with Crippen molar-refractivity contribution in [2.45, 2.75) is 11.7 Å². The number of aliphatic imine (C=N–C) groups is 1. The summed E-state index contributed by atoms with van der Waals surface area (Å²) in [6.07, 6.45) is 0. The molecule has 2 rings (SSSR count). The molecule has 1 saturated heterocycles. The normalized spacial score (nSPS) is 24.6. The number of aliphatic hydroxyl groups excluding tert-OH is 2. The van der Waals surface area contributed by atoms with Crippen LogP contribution in [-0.4, -0.2) is 68.9 Å². The Bertz CT molecular complexity index is 330. The van der Waals surface area contributed by atoms with E-state index in [1.54, 1.807) is 0 Å². The highest BCUT2D eigenvalue weighted by atomic mass is 32.2. The number of rotatable bonds is 3. The predicted molar refractivity (Wildman–Crippen MR) is 60.9 cm³/mol. The van der Waals surface area contributed by atoms with Crippen LogP contribution in [0.3, 0.4) is 0 Å². The van der Waals surface area contributed by atoms with Crippen molar-refractivity contribution in [3.05, 3.63) is 0 Å². The number of fused-ring (bicyclic) bond motifs is 1. The molecular formula is C9H15N3O3S. The summed E-state index contributed by atoms with van der Waals surface area (Å²) in [7, 11) is 0. The van der Waals surface area contributed by atoms with E-state index in [0.717, 1.165) is 18.3 Å². The van der Waals surface area contributed by atoms with Crippen molar-refractivity contribution in [3.63, 3.8) is 0 Å².